The average molecular weight is 389 g/mol. The highest BCUT2D eigenvalue weighted by molar-refractivity contribution is 6.30. The second-order valence-electron chi connectivity index (χ2n) is 6.40. The number of nitrogens with zero attached hydrogens (tertiary/aromatic N) is 1. The van der Waals surface area contributed by atoms with Crippen LogP contribution in [-0.2, 0) is 16.1 Å². The number of alkyl carbamates (subject to hydrolysis) is 1. The number of fused-ring (bicyclic) bond motifs is 1. The van der Waals surface area contributed by atoms with Gasteiger partial charge in [0, 0.05) is 17.1 Å². The summed E-state index contributed by atoms with van der Waals surface area (Å²) in [6.45, 7) is 0.842. The fraction of sp³-hybridized carbons (Fsp3) is 0.263. The van der Waals surface area contributed by atoms with Crippen molar-refractivity contribution in [2.24, 2.45) is 0 Å². The van der Waals surface area contributed by atoms with Gasteiger partial charge < -0.3 is 24.8 Å². The van der Waals surface area contributed by atoms with E-state index in [1.165, 1.54) is 0 Å². The molecule has 2 aromatic carbocycles. The van der Waals surface area contributed by atoms with Crippen LogP contribution >= 0.6 is 11.6 Å². The summed E-state index contributed by atoms with van der Waals surface area (Å²) in [4.78, 5) is 25.5. The van der Waals surface area contributed by atoms with E-state index in [4.69, 9.17) is 21.1 Å². The third-order valence-electron chi connectivity index (χ3n) is 4.56. The summed E-state index contributed by atoms with van der Waals surface area (Å²) in [5.74, 6) is 0.127. The number of phenols is 1. The number of halogens is 1. The van der Waals surface area contributed by atoms with E-state index in [9.17, 15) is 14.7 Å². The molecule has 1 atom stereocenters. The van der Waals surface area contributed by atoms with Crippen molar-refractivity contribution in [3.05, 3.63) is 47.0 Å². The van der Waals surface area contributed by atoms with Crippen molar-refractivity contribution < 1.29 is 24.2 Å². The Bertz CT molecular complexity index is 917. The highest BCUT2D eigenvalue weighted by Crippen LogP contribution is 2.38. The third kappa shape index (κ3) is 3.50. The van der Waals surface area contributed by atoms with Crippen LogP contribution in [0.5, 0.6) is 11.5 Å². The molecule has 0 saturated carbocycles. The Balaban J connectivity index is 1.65. The maximum atomic E-state index is 12.7. The first kappa shape index (κ1) is 17.5. The van der Waals surface area contributed by atoms with Gasteiger partial charge in [-0.25, -0.2) is 4.79 Å². The molecule has 2 aromatic rings. The molecule has 0 unspecified atom stereocenters. The molecule has 0 spiro atoms. The van der Waals surface area contributed by atoms with E-state index in [2.05, 4.69) is 5.32 Å². The van der Waals surface area contributed by atoms with Crippen LogP contribution < -0.4 is 10.1 Å². The summed E-state index contributed by atoms with van der Waals surface area (Å²) in [6.07, 6.45) is -0.597. The van der Waals surface area contributed by atoms with E-state index in [-0.39, 0.29) is 31.4 Å². The van der Waals surface area contributed by atoms with E-state index in [1.54, 1.807) is 23.1 Å². The van der Waals surface area contributed by atoms with Crippen LogP contribution in [0.25, 0.3) is 11.1 Å². The summed E-state index contributed by atoms with van der Waals surface area (Å²) >= 11 is 6.07. The number of carbonyl (C=O) groups excluding carboxylic acids is 2. The summed E-state index contributed by atoms with van der Waals surface area (Å²) in [5.41, 5.74) is 2.30. The molecule has 1 fully saturated rings. The molecule has 4 rings (SSSR count). The quantitative estimate of drug-likeness (QED) is 0.825. The molecular weight excluding hydrogens is 372 g/mol. The molecule has 2 N–H and O–H groups in total. The molecule has 140 valence electrons. The lowest BCUT2D eigenvalue weighted by Crippen LogP contribution is -2.45. The smallest absolute Gasteiger partial charge is 0.407 e. The van der Waals surface area contributed by atoms with Gasteiger partial charge in [-0.05, 0) is 35.4 Å². The van der Waals surface area contributed by atoms with Crippen molar-refractivity contribution in [1.29, 1.82) is 0 Å². The van der Waals surface area contributed by atoms with Gasteiger partial charge in [0.05, 0.1) is 6.54 Å². The maximum absolute atomic E-state index is 12.7. The topological polar surface area (TPSA) is 88.1 Å². The largest absolute Gasteiger partial charge is 0.504 e. The first-order chi connectivity index (χ1) is 13.0. The van der Waals surface area contributed by atoms with E-state index < -0.39 is 12.1 Å². The SMILES string of the molecule is O=C1N[C@H](C(=O)N2CCOc3c(O)cc(-c4cccc(Cl)c4)cc3C2)CO1. The molecule has 0 aliphatic carbocycles. The number of carbonyl (C=O) groups is 2. The minimum Gasteiger partial charge on any atom is -0.504 e. The van der Waals surface area contributed by atoms with Gasteiger partial charge in [-0.1, -0.05) is 23.7 Å². The fourth-order valence-electron chi connectivity index (χ4n) is 3.26. The normalized spacial score (nSPS) is 18.8. The Labute approximate surface area is 160 Å². The van der Waals surface area contributed by atoms with Crippen molar-refractivity contribution in [2.75, 3.05) is 19.8 Å². The molecular formula is C19H17ClN2O5. The molecule has 0 aromatic heterocycles. The van der Waals surface area contributed by atoms with Crippen molar-refractivity contribution in [3.8, 4) is 22.6 Å². The molecule has 1 saturated heterocycles. The number of phenolic OH excluding ortho intramolecular Hbond substituents is 1. The summed E-state index contributed by atoms with van der Waals surface area (Å²) in [7, 11) is 0. The Morgan fingerprint density at radius 3 is 2.81 bits per heavy atom. The number of benzene rings is 2. The maximum Gasteiger partial charge on any atom is 0.407 e. The lowest BCUT2D eigenvalue weighted by Gasteiger charge is -2.22. The fourth-order valence-corrected chi connectivity index (χ4v) is 3.45. The highest BCUT2D eigenvalue weighted by Gasteiger charge is 2.33. The van der Waals surface area contributed by atoms with Crippen LogP contribution in [0, 0.1) is 0 Å². The van der Waals surface area contributed by atoms with Gasteiger partial charge in [0.1, 0.15) is 19.3 Å². The Hall–Kier alpha value is -2.93. The second-order valence-corrected chi connectivity index (χ2v) is 6.83. The van der Waals surface area contributed by atoms with Gasteiger partial charge in [0.2, 0.25) is 5.91 Å². The van der Waals surface area contributed by atoms with Crippen LogP contribution in [-0.4, -0.2) is 47.8 Å². The van der Waals surface area contributed by atoms with Crippen LogP contribution in [0.15, 0.2) is 36.4 Å². The van der Waals surface area contributed by atoms with Gasteiger partial charge in [0.25, 0.3) is 0 Å². The summed E-state index contributed by atoms with van der Waals surface area (Å²) < 4.78 is 10.5. The first-order valence-corrected chi connectivity index (χ1v) is 8.86. The number of hydrogen-bond donors (Lipinski definition) is 2. The van der Waals surface area contributed by atoms with Gasteiger partial charge in [0.15, 0.2) is 11.5 Å². The molecule has 0 bridgehead atoms. The standard InChI is InChI=1S/C19H17ClN2O5/c20-14-3-1-2-11(7-14)12-6-13-9-22(4-5-26-17(13)16(23)8-12)18(24)15-10-27-19(25)21-15/h1-3,6-8,15,23H,4-5,9-10H2,(H,21,25)/t15-/m0/s1. The molecule has 2 aliphatic heterocycles. The lowest BCUT2D eigenvalue weighted by atomic mass is 10.0. The van der Waals surface area contributed by atoms with Crippen molar-refractivity contribution in [3.63, 3.8) is 0 Å². The highest BCUT2D eigenvalue weighted by atomic mass is 35.5. The zero-order valence-corrected chi connectivity index (χ0v) is 15.0. The van der Waals surface area contributed by atoms with Crippen molar-refractivity contribution >= 4 is 23.6 Å². The first-order valence-electron chi connectivity index (χ1n) is 8.48. The molecule has 2 aliphatic rings. The minimum absolute atomic E-state index is 0.00859. The minimum atomic E-state index is -0.705. The molecule has 0 radical (unpaired) electrons. The number of aromatic hydroxyl groups is 1. The third-order valence-corrected chi connectivity index (χ3v) is 4.79. The lowest BCUT2D eigenvalue weighted by molar-refractivity contribution is -0.133. The second kappa shape index (κ2) is 7.00. The van der Waals surface area contributed by atoms with E-state index in [1.807, 2.05) is 18.2 Å². The molecule has 2 heterocycles. The number of cyclic esters (lactones) is 1. The van der Waals surface area contributed by atoms with Gasteiger partial charge in [-0.3, -0.25) is 4.79 Å². The van der Waals surface area contributed by atoms with Crippen molar-refractivity contribution in [2.45, 2.75) is 12.6 Å². The van der Waals surface area contributed by atoms with E-state index in [0.29, 0.717) is 22.9 Å². The molecule has 8 heteroatoms. The number of rotatable bonds is 2. The molecule has 7 nitrogen and oxygen atoms in total. The molecule has 2 amide bonds. The Morgan fingerprint density at radius 1 is 1.22 bits per heavy atom. The number of ether oxygens (including phenoxy) is 2. The van der Waals surface area contributed by atoms with Crippen LogP contribution in [0.4, 0.5) is 4.79 Å². The predicted molar refractivity (Wildman–Crippen MR) is 97.7 cm³/mol. The van der Waals surface area contributed by atoms with Crippen molar-refractivity contribution in [1.82, 2.24) is 10.2 Å². The van der Waals surface area contributed by atoms with Crippen LogP contribution in [0.3, 0.4) is 0 Å². The van der Waals surface area contributed by atoms with E-state index >= 15 is 0 Å². The van der Waals surface area contributed by atoms with E-state index in [0.717, 1.165) is 11.1 Å². The number of nitrogens with one attached hydrogen (secondary N) is 1. The number of hydrogen-bond acceptors (Lipinski definition) is 5. The molecule has 27 heavy (non-hydrogen) atoms. The van der Waals surface area contributed by atoms with Gasteiger partial charge in [-0.2, -0.15) is 0 Å². The zero-order chi connectivity index (χ0) is 19.0. The monoisotopic (exact) mass is 388 g/mol. The van der Waals surface area contributed by atoms with Gasteiger partial charge in [-0.15, -0.1) is 0 Å². The Morgan fingerprint density at radius 2 is 2.07 bits per heavy atom. The predicted octanol–water partition coefficient (Wildman–Crippen LogP) is 2.54. The number of amides is 2. The van der Waals surface area contributed by atoms with Crippen LogP contribution in [0.1, 0.15) is 5.56 Å². The van der Waals surface area contributed by atoms with Crippen LogP contribution in [0.2, 0.25) is 5.02 Å². The van der Waals surface area contributed by atoms with Gasteiger partial charge >= 0.3 is 6.09 Å². The zero-order valence-electron chi connectivity index (χ0n) is 14.3. The Kier molecular flexibility index (Phi) is 4.53. The summed E-state index contributed by atoms with van der Waals surface area (Å²) in [5, 5.41) is 13.5. The average Bonchev–Trinajstić information content (AvgIpc) is 2.96. The summed E-state index contributed by atoms with van der Waals surface area (Å²) in [6, 6.07) is 10.1.